The van der Waals surface area contributed by atoms with Crippen molar-refractivity contribution < 1.29 is 9.59 Å². The molecular formula is C10H9NO2. The predicted octanol–water partition coefficient (Wildman–Crippen LogP) is 1.34. The molecule has 1 aromatic rings. The van der Waals surface area contributed by atoms with Crippen LogP contribution in [0, 0.1) is 6.92 Å². The van der Waals surface area contributed by atoms with Gasteiger partial charge in [0, 0.05) is 6.21 Å². The number of rotatable bonds is 0. The second-order valence-electron chi connectivity index (χ2n) is 2.76. The highest BCUT2D eigenvalue weighted by Crippen LogP contribution is 2.15. The zero-order valence-electron chi connectivity index (χ0n) is 7.28. The van der Waals surface area contributed by atoms with E-state index in [2.05, 4.69) is 30.1 Å². The first kappa shape index (κ1) is 9.36. The molecule has 1 aromatic carbocycles. The summed E-state index contributed by atoms with van der Waals surface area (Å²) in [4.78, 5) is 20.4. The van der Waals surface area contributed by atoms with E-state index < -0.39 is 0 Å². The van der Waals surface area contributed by atoms with Gasteiger partial charge in [-0.05, 0) is 18.1 Å². The Kier molecular flexibility index (Phi) is 3.12. The summed E-state index contributed by atoms with van der Waals surface area (Å²) in [6, 6.07) is 6.46. The van der Waals surface area contributed by atoms with Gasteiger partial charge in [-0.3, -0.25) is 4.99 Å². The molecule has 66 valence electrons. The van der Waals surface area contributed by atoms with Gasteiger partial charge >= 0.3 is 6.15 Å². The molecule has 0 saturated heterocycles. The lowest BCUT2D eigenvalue weighted by atomic mass is 10.1. The van der Waals surface area contributed by atoms with Crippen LogP contribution in [0.5, 0.6) is 0 Å². The van der Waals surface area contributed by atoms with Crippen LogP contribution in [0.25, 0.3) is 0 Å². The summed E-state index contributed by atoms with van der Waals surface area (Å²) < 4.78 is 0. The normalized spacial score (nSPS) is 11.2. The molecule has 0 atom stereocenters. The van der Waals surface area contributed by atoms with E-state index in [4.69, 9.17) is 9.59 Å². The van der Waals surface area contributed by atoms with Gasteiger partial charge in [0.25, 0.3) is 0 Å². The molecule has 1 aliphatic heterocycles. The molecule has 0 bridgehead atoms. The van der Waals surface area contributed by atoms with Crippen molar-refractivity contribution >= 4 is 12.4 Å². The Labute approximate surface area is 76.1 Å². The average molecular weight is 175 g/mol. The van der Waals surface area contributed by atoms with Gasteiger partial charge in [0.1, 0.15) is 0 Å². The molecule has 0 saturated carbocycles. The summed E-state index contributed by atoms with van der Waals surface area (Å²) in [7, 11) is 0. The van der Waals surface area contributed by atoms with Crippen molar-refractivity contribution in [1.29, 1.82) is 0 Å². The molecule has 0 aromatic heterocycles. The van der Waals surface area contributed by atoms with E-state index in [-0.39, 0.29) is 6.15 Å². The lowest BCUT2D eigenvalue weighted by molar-refractivity contribution is -0.191. The Morgan fingerprint density at radius 1 is 1.38 bits per heavy atom. The molecule has 2 rings (SSSR count). The minimum Gasteiger partial charge on any atom is -0.288 e. The van der Waals surface area contributed by atoms with Crippen LogP contribution < -0.4 is 0 Å². The molecule has 1 heterocycles. The largest absolute Gasteiger partial charge is 0.373 e. The van der Waals surface area contributed by atoms with Crippen molar-refractivity contribution in [3.8, 4) is 0 Å². The number of benzene rings is 1. The van der Waals surface area contributed by atoms with E-state index in [1.807, 2.05) is 6.21 Å². The van der Waals surface area contributed by atoms with Crippen molar-refractivity contribution in [3.63, 3.8) is 0 Å². The third-order valence-corrected chi connectivity index (χ3v) is 1.79. The maximum atomic E-state index is 8.12. The van der Waals surface area contributed by atoms with Gasteiger partial charge in [-0.15, -0.1) is 0 Å². The third kappa shape index (κ3) is 2.36. The summed E-state index contributed by atoms with van der Waals surface area (Å²) >= 11 is 0. The smallest absolute Gasteiger partial charge is 0.288 e. The Morgan fingerprint density at radius 3 is 2.77 bits per heavy atom. The van der Waals surface area contributed by atoms with Crippen LogP contribution in [-0.2, 0) is 16.1 Å². The lowest BCUT2D eigenvalue weighted by Crippen LogP contribution is -1.83. The van der Waals surface area contributed by atoms with Gasteiger partial charge < -0.3 is 0 Å². The van der Waals surface area contributed by atoms with Gasteiger partial charge in [0.05, 0.1) is 6.54 Å². The molecule has 0 fully saturated rings. The van der Waals surface area contributed by atoms with Crippen molar-refractivity contribution in [2.75, 3.05) is 0 Å². The Morgan fingerprint density at radius 2 is 2.08 bits per heavy atom. The zero-order chi connectivity index (χ0) is 9.68. The minimum atomic E-state index is 0.250. The average Bonchev–Trinajstić information content (AvgIpc) is 2.52. The van der Waals surface area contributed by atoms with E-state index in [9.17, 15) is 0 Å². The topological polar surface area (TPSA) is 46.5 Å². The zero-order valence-corrected chi connectivity index (χ0v) is 7.28. The summed E-state index contributed by atoms with van der Waals surface area (Å²) in [5.41, 5.74) is 3.96. The second kappa shape index (κ2) is 4.33. The number of aryl methyl sites for hydroxylation is 1. The lowest BCUT2D eigenvalue weighted by Gasteiger charge is -1.96. The van der Waals surface area contributed by atoms with Crippen molar-refractivity contribution in [2.24, 2.45) is 4.99 Å². The van der Waals surface area contributed by atoms with E-state index in [0.29, 0.717) is 0 Å². The summed E-state index contributed by atoms with van der Waals surface area (Å²) in [5, 5.41) is 0. The Bertz CT molecular complexity index is 363. The molecule has 0 N–H and O–H groups in total. The molecule has 0 spiro atoms. The monoisotopic (exact) mass is 175 g/mol. The number of fused-ring (bicyclic) bond motifs is 1. The maximum Gasteiger partial charge on any atom is 0.373 e. The molecular weight excluding hydrogens is 166 g/mol. The standard InChI is InChI=1S/C9H9N.CO2/c1-7-2-3-8-5-10-6-9(8)4-7;2-1-3/h2-4,6H,5H2,1H3;. The van der Waals surface area contributed by atoms with E-state index in [1.54, 1.807) is 0 Å². The molecule has 0 aliphatic carbocycles. The van der Waals surface area contributed by atoms with Crippen molar-refractivity contribution in [1.82, 2.24) is 0 Å². The SMILES string of the molecule is Cc1ccc2c(c1)C=NC2.O=C=O. The molecule has 0 radical (unpaired) electrons. The Hall–Kier alpha value is -1.73. The molecule has 3 heteroatoms. The van der Waals surface area contributed by atoms with Gasteiger partial charge in [0.2, 0.25) is 0 Å². The first-order valence-electron chi connectivity index (χ1n) is 3.86. The fourth-order valence-electron chi connectivity index (χ4n) is 1.22. The van der Waals surface area contributed by atoms with Gasteiger partial charge in [-0.25, -0.2) is 0 Å². The summed E-state index contributed by atoms with van der Waals surface area (Å²) in [6.45, 7) is 2.97. The van der Waals surface area contributed by atoms with Crippen LogP contribution in [0.1, 0.15) is 16.7 Å². The van der Waals surface area contributed by atoms with E-state index in [1.165, 1.54) is 16.7 Å². The highest BCUT2D eigenvalue weighted by molar-refractivity contribution is 5.84. The number of carbonyl (C=O) groups excluding carboxylic acids is 2. The molecule has 0 unspecified atom stereocenters. The highest BCUT2D eigenvalue weighted by atomic mass is 16.2. The fraction of sp³-hybridized carbons (Fsp3) is 0.200. The second-order valence-corrected chi connectivity index (χ2v) is 2.76. The third-order valence-electron chi connectivity index (χ3n) is 1.79. The van der Waals surface area contributed by atoms with Crippen LogP contribution in [0.3, 0.4) is 0 Å². The maximum absolute atomic E-state index is 8.12. The van der Waals surface area contributed by atoms with Crippen molar-refractivity contribution in [2.45, 2.75) is 13.5 Å². The number of aliphatic imine (C=N–C) groups is 1. The predicted molar refractivity (Wildman–Crippen MR) is 47.5 cm³/mol. The van der Waals surface area contributed by atoms with Crippen molar-refractivity contribution in [3.05, 3.63) is 34.9 Å². The number of hydrogen-bond donors (Lipinski definition) is 0. The van der Waals surface area contributed by atoms with E-state index in [0.717, 1.165) is 6.54 Å². The molecule has 13 heavy (non-hydrogen) atoms. The van der Waals surface area contributed by atoms with Gasteiger partial charge in [-0.2, -0.15) is 9.59 Å². The number of hydrogen-bond acceptors (Lipinski definition) is 3. The summed E-state index contributed by atoms with van der Waals surface area (Å²) in [5.74, 6) is 0. The van der Waals surface area contributed by atoms with Gasteiger partial charge in [0.15, 0.2) is 0 Å². The minimum absolute atomic E-state index is 0.250. The van der Waals surface area contributed by atoms with Crippen LogP contribution in [0.15, 0.2) is 23.2 Å². The first-order valence-corrected chi connectivity index (χ1v) is 3.86. The van der Waals surface area contributed by atoms with Crippen LogP contribution in [-0.4, -0.2) is 12.4 Å². The Balaban J connectivity index is 0.000000251. The molecule has 1 aliphatic rings. The quantitative estimate of drug-likeness (QED) is 0.597. The highest BCUT2D eigenvalue weighted by Gasteiger charge is 2.03. The van der Waals surface area contributed by atoms with Gasteiger partial charge in [-0.1, -0.05) is 23.8 Å². The van der Waals surface area contributed by atoms with Crippen LogP contribution in [0.4, 0.5) is 0 Å². The molecule has 3 nitrogen and oxygen atoms in total. The first-order chi connectivity index (χ1) is 6.27. The van der Waals surface area contributed by atoms with E-state index >= 15 is 0 Å². The number of nitrogens with zero attached hydrogens (tertiary/aromatic N) is 1. The van der Waals surface area contributed by atoms with Crippen LogP contribution >= 0.6 is 0 Å². The fourth-order valence-corrected chi connectivity index (χ4v) is 1.22. The molecule has 0 amide bonds. The van der Waals surface area contributed by atoms with Crippen LogP contribution in [0.2, 0.25) is 0 Å². The summed E-state index contributed by atoms with van der Waals surface area (Å²) in [6.07, 6.45) is 2.20.